The number of aromatic nitrogens is 1. The third kappa shape index (κ3) is 4.02. The maximum absolute atomic E-state index is 13.4. The molecule has 1 saturated heterocycles. The van der Waals surface area contributed by atoms with E-state index in [-0.39, 0.29) is 29.1 Å². The molecular weight excluding hydrogens is 429 g/mol. The molecule has 0 aliphatic carbocycles. The highest BCUT2D eigenvalue weighted by Crippen LogP contribution is 2.34. The summed E-state index contributed by atoms with van der Waals surface area (Å²) in [5, 5.41) is 23.4. The SMILES string of the molecule is O=S(=O)(c1cnc2ccc(Cl)cc2c1Nc1ccccc1B(O)O)N1CCOCC1. The quantitative estimate of drug-likeness (QED) is 0.506. The van der Waals surface area contributed by atoms with Crippen LogP contribution in [0.3, 0.4) is 0 Å². The Morgan fingerprint density at radius 1 is 1.13 bits per heavy atom. The monoisotopic (exact) mass is 447 g/mol. The second-order valence-corrected chi connectivity index (χ2v) is 9.10. The van der Waals surface area contributed by atoms with Crippen LogP contribution in [-0.2, 0) is 14.8 Å². The summed E-state index contributed by atoms with van der Waals surface area (Å²) in [6.07, 6.45) is 1.31. The van der Waals surface area contributed by atoms with Crippen LogP contribution in [0.25, 0.3) is 10.9 Å². The summed E-state index contributed by atoms with van der Waals surface area (Å²) in [5.74, 6) is 0. The number of nitrogens with zero attached hydrogens (tertiary/aromatic N) is 2. The minimum absolute atomic E-state index is 0.0265. The van der Waals surface area contributed by atoms with Crippen molar-refractivity contribution in [3.63, 3.8) is 0 Å². The van der Waals surface area contributed by atoms with Crippen molar-refractivity contribution in [1.82, 2.24) is 9.29 Å². The summed E-state index contributed by atoms with van der Waals surface area (Å²) in [5.41, 5.74) is 1.38. The van der Waals surface area contributed by atoms with Gasteiger partial charge in [-0.25, -0.2) is 8.42 Å². The average Bonchev–Trinajstić information content (AvgIpc) is 2.75. The van der Waals surface area contributed by atoms with Crippen LogP contribution >= 0.6 is 11.6 Å². The molecule has 1 fully saturated rings. The lowest BCUT2D eigenvalue weighted by molar-refractivity contribution is 0.0730. The van der Waals surface area contributed by atoms with E-state index in [9.17, 15) is 18.5 Å². The average molecular weight is 448 g/mol. The fourth-order valence-corrected chi connectivity index (χ4v) is 5.05. The number of benzene rings is 2. The molecule has 1 aliphatic rings. The first kappa shape index (κ1) is 21.0. The van der Waals surface area contributed by atoms with Gasteiger partial charge in [0.25, 0.3) is 0 Å². The van der Waals surface area contributed by atoms with Crippen LogP contribution < -0.4 is 10.8 Å². The number of nitrogens with one attached hydrogen (secondary N) is 1. The molecule has 3 N–H and O–H groups in total. The predicted molar refractivity (Wildman–Crippen MR) is 116 cm³/mol. The Labute approximate surface area is 179 Å². The Bertz CT molecular complexity index is 1190. The van der Waals surface area contributed by atoms with Crippen LogP contribution in [0.1, 0.15) is 0 Å². The third-order valence-electron chi connectivity index (χ3n) is 4.88. The maximum Gasteiger partial charge on any atom is 0.490 e. The number of ether oxygens (including phenoxy) is 1. The van der Waals surface area contributed by atoms with Gasteiger partial charge in [-0.15, -0.1) is 0 Å². The van der Waals surface area contributed by atoms with Gasteiger partial charge >= 0.3 is 7.12 Å². The smallest absolute Gasteiger partial charge is 0.423 e. The van der Waals surface area contributed by atoms with E-state index in [0.717, 1.165) is 0 Å². The Balaban J connectivity index is 1.92. The highest BCUT2D eigenvalue weighted by atomic mass is 35.5. The van der Waals surface area contributed by atoms with Gasteiger partial charge in [-0.3, -0.25) is 4.98 Å². The Morgan fingerprint density at radius 3 is 2.60 bits per heavy atom. The van der Waals surface area contributed by atoms with Gasteiger partial charge in [-0.2, -0.15) is 4.31 Å². The van der Waals surface area contributed by atoms with E-state index in [4.69, 9.17) is 16.3 Å². The van der Waals surface area contributed by atoms with Crippen LogP contribution in [0.5, 0.6) is 0 Å². The van der Waals surface area contributed by atoms with Crippen molar-refractivity contribution in [3.05, 3.63) is 53.7 Å². The van der Waals surface area contributed by atoms with Crippen molar-refractivity contribution in [1.29, 1.82) is 0 Å². The van der Waals surface area contributed by atoms with Crippen molar-refractivity contribution in [2.75, 3.05) is 31.6 Å². The van der Waals surface area contributed by atoms with E-state index in [1.54, 1.807) is 42.5 Å². The molecule has 0 unspecified atom stereocenters. The van der Waals surface area contributed by atoms with Gasteiger partial charge in [0.05, 0.1) is 24.4 Å². The number of anilines is 2. The van der Waals surface area contributed by atoms with E-state index in [2.05, 4.69) is 10.3 Å². The molecule has 4 rings (SSSR count). The lowest BCUT2D eigenvalue weighted by Gasteiger charge is -2.27. The van der Waals surface area contributed by atoms with Gasteiger partial charge in [0.15, 0.2) is 0 Å². The summed E-state index contributed by atoms with van der Waals surface area (Å²) in [6, 6.07) is 11.5. The molecule has 156 valence electrons. The predicted octanol–water partition coefficient (Wildman–Crippen LogP) is 1.33. The molecule has 0 radical (unpaired) electrons. The van der Waals surface area contributed by atoms with Crippen molar-refractivity contribution in [2.45, 2.75) is 4.90 Å². The topological polar surface area (TPSA) is 112 Å². The molecular formula is C19H19BClN3O5S. The molecule has 3 aromatic rings. The standard InChI is InChI=1S/C19H19BClN3O5S/c21-13-5-6-16-14(11-13)19(23-17-4-2-1-3-15(17)20(25)26)18(12-22-16)30(27,28)24-7-9-29-10-8-24/h1-6,11-12,25-26H,7-10H2,(H,22,23). The molecule has 0 atom stereocenters. The van der Waals surface area contributed by atoms with Gasteiger partial charge in [-0.05, 0) is 24.3 Å². The highest BCUT2D eigenvalue weighted by Gasteiger charge is 2.30. The van der Waals surface area contributed by atoms with Gasteiger partial charge in [0, 0.05) is 40.8 Å². The number of fused-ring (bicyclic) bond motifs is 1. The molecule has 11 heteroatoms. The summed E-state index contributed by atoms with van der Waals surface area (Å²) in [6.45, 7) is 1.10. The lowest BCUT2D eigenvalue weighted by Crippen LogP contribution is -2.41. The van der Waals surface area contributed by atoms with Gasteiger partial charge in [0.1, 0.15) is 4.90 Å². The Hall–Kier alpha value is -2.21. The number of hydrogen-bond donors (Lipinski definition) is 3. The van der Waals surface area contributed by atoms with Crippen LogP contribution in [0, 0.1) is 0 Å². The number of rotatable bonds is 5. The van der Waals surface area contributed by atoms with Gasteiger partial charge < -0.3 is 20.1 Å². The number of pyridine rings is 1. The second kappa shape index (κ2) is 8.50. The minimum Gasteiger partial charge on any atom is -0.423 e. The normalized spacial score (nSPS) is 15.3. The van der Waals surface area contributed by atoms with Crippen LogP contribution in [0.4, 0.5) is 11.4 Å². The second-order valence-electron chi connectivity index (χ2n) is 6.76. The lowest BCUT2D eigenvalue weighted by atomic mass is 9.79. The summed E-state index contributed by atoms with van der Waals surface area (Å²) in [7, 11) is -5.62. The highest BCUT2D eigenvalue weighted by molar-refractivity contribution is 7.89. The van der Waals surface area contributed by atoms with Gasteiger partial charge in [0.2, 0.25) is 10.0 Å². The zero-order valence-corrected chi connectivity index (χ0v) is 17.4. The van der Waals surface area contributed by atoms with Crippen LogP contribution in [-0.4, -0.2) is 61.2 Å². The summed E-state index contributed by atoms with van der Waals surface area (Å²) >= 11 is 6.18. The molecule has 2 heterocycles. The Morgan fingerprint density at radius 2 is 1.87 bits per heavy atom. The van der Waals surface area contributed by atoms with E-state index >= 15 is 0 Å². The number of morpholine rings is 1. The summed E-state index contributed by atoms with van der Waals surface area (Å²) < 4.78 is 33.4. The first-order chi connectivity index (χ1) is 14.4. The maximum atomic E-state index is 13.4. The van der Waals surface area contributed by atoms with Crippen molar-refractivity contribution in [3.8, 4) is 0 Å². The number of sulfonamides is 1. The Kier molecular flexibility index (Phi) is 5.96. The van der Waals surface area contributed by atoms with E-state index < -0.39 is 17.1 Å². The fourth-order valence-electron chi connectivity index (χ4n) is 3.37. The molecule has 30 heavy (non-hydrogen) atoms. The zero-order chi connectivity index (χ0) is 21.3. The molecule has 0 saturated carbocycles. The fraction of sp³-hybridized carbons (Fsp3) is 0.211. The number of para-hydroxylation sites is 1. The molecule has 2 aromatic carbocycles. The molecule has 1 aromatic heterocycles. The van der Waals surface area contributed by atoms with Crippen molar-refractivity contribution in [2.24, 2.45) is 0 Å². The number of halogens is 1. The van der Waals surface area contributed by atoms with Crippen LogP contribution in [0.15, 0.2) is 53.6 Å². The zero-order valence-electron chi connectivity index (χ0n) is 15.8. The molecule has 0 spiro atoms. The largest absolute Gasteiger partial charge is 0.490 e. The van der Waals surface area contributed by atoms with Crippen molar-refractivity contribution >= 4 is 56.5 Å². The van der Waals surface area contributed by atoms with Crippen LogP contribution in [0.2, 0.25) is 5.02 Å². The van der Waals surface area contributed by atoms with E-state index in [1.807, 2.05) is 0 Å². The first-order valence-corrected chi connectivity index (χ1v) is 11.1. The molecule has 0 bridgehead atoms. The first-order valence-electron chi connectivity index (χ1n) is 9.26. The van der Waals surface area contributed by atoms with Gasteiger partial charge in [-0.1, -0.05) is 29.8 Å². The molecule has 0 amide bonds. The van der Waals surface area contributed by atoms with Crippen molar-refractivity contribution < 1.29 is 23.2 Å². The van der Waals surface area contributed by atoms with E-state index in [0.29, 0.717) is 34.8 Å². The number of hydrogen-bond acceptors (Lipinski definition) is 7. The third-order valence-corrected chi connectivity index (χ3v) is 7.03. The molecule has 8 nitrogen and oxygen atoms in total. The molecule has 1 aliphatic heterocycles. The van der Waals surface area contributed by atoms with E-state index in [1.165, 1.54) is 10.5 Å². The minimum atomic E-state index is -3.89. The summed E-state index contributed by atoms with van der Waals surface area (Å²) in [4.78, 5) is 4.28.